The largest absolute Gasteiger partial charge is 0.357 e. The van der Waals surface area contributed by atoms with E-state index in [1.165, 1.54) is 11.8 Å². The predicted octanol–water partition coefficient (Wildman–Crippen LogP) is 3.90. The Morgan fingerprint density at radius 2 is 1.88 bits per heavy atom. The number of rotatable bonds is 7. The third-order valence-electron chi connectivity index (χ3n) is 4.03. The van der Waals surface area contributed by atoms with Gasteiger partial charge in [-0.05, 0) is 43.7 Å². The third kappa shape index (κ3) is 5.78. The lowest BCUT2D eigenvalue weighted by Gasteiger charge is -2.28. The van der Waals surface area contributed by atoms with E-state index in [1.54, 1.807) is 31.0 Å². The van der Waals surface area contributed by atoms with Crippen LogP contribution in [0.3, 0.4) is 0 Å². The van der Waals surface area contributed by atoms with Crippen LogP contribution in [0, 0.1) is 6.92 Å². The fourth-order valence-electron chi connectivity index (χ4n) is 2.56. The van der Waals surface area contributed by atoms with Gasteiger partial charge in [0.2, 0.25) is 11.8 Å². The molecule has 2 aromatic rings. The molecule has 4 nitrogen and oxygen atoms in total. The monoisotopic (exact) mass is 390 g/mol. The normalized spacial score (nSPS) is 11.7. The Kier molecular flexibility index (Phi) is 7.54. The van der Waals surface area contributed by atoms with Crippen molar-refractivity contribution >= 4 is 35.2 Å². The summed E-state index contributed by atoms with van der Waals surface area (Å²) >= 11 is 7.33. The summed E-state index contributed by atoms with van der Waals surface area (Å²) in [6.07, 6.45) is 0. The van der Waals surface area contributed by atoms with Gasteiger partial charge in [0, 0.05) is 23.5 Å². The second-order valence-corrected chi connectivity index (χ2v) is 7.53. The molecule has 26 heavy (non-hydrogen) atoms. The van der Waals surface area contributed by atoms with Crippen molar-refractivity contribution in [2.24, 2.45) is 0 Å². The molecule has 6 heteroatoms. The van der Waals surface area contributed by atoms with Gasteiger partial charge in [0.05, 0.1) is 5.75 Å². The number of halogens is 1. The van der Waals surface area contributed by atoms with Gasteiger partial charge in [0.15, 0.2) is 0 Å². The number of carbonyl (C=O) groups excluding carboxylic acids is 2. The quantitative estimate of drug-likeness (QED) is 0.729. The summed E-state index contributed by atoms with van der Waals surface area (Å²) in [5, 5.41) is 3.29. The molecule has 2 amide bonds. The fourth-order valence-corrected chi connectivity index (χ4v) is 3.47. The first kappa shape index (κ1) is 20.3. The van der Waals surface area contributed by atoms with E-state index in [0.29, 0.717) is 11.6 Å². The van der Waals surface area contributed by atoms with Crippen LogP contribution < -0.4 is 5.32 Å². The third-order valence-corrected chi connectivity index (χ3v) is 5.27. The first-order valence-electron chi connectivity index (χ1n) is 8.35. The van der Waals surface area contributed by atoms with Crippen LogP contribution in [0.4, 0.5) is 0 Å². The maximum atomic E-state index is 12.8. The van der Waals surface area contributed by atoms with Crippen molar-refractivity contribution in [3.8, 4) is 0 Å². The Labute approximate surface area is 163 Å². The molecule has 0 aromatic heterocycles. The smallest absolute Gasteiger partial charge is 0.242 e. The van der Waals surface area contributed by atoms with Gasteiger partial charge >= 0.3 is 0 Å². The average Bonchev–Trinajstić information content (AvgIpc) is 2.64. The van der Waals surface area contributed by atoms with Crippen LogP contribution in [-0.2, 0) is 16.1 Å². The zero-order chi connectivity index (χ0) is 19.1. The highest BCUT2D eigenvalue weighted by Crippen LogP contribution is 2.22. The zero-order valence-electron chi connectivity index (χ0n) is 15.2. The van der Waals surface area contributed by atoms with E-state index in [4.69, 9.17) is 11.6 Å². The maximum absolute atomic E-state index is 12.8. The second-order valence-electron chi connectivity index (χ2n) is 6.04. The molecule has 0 heterocycles. The minimum atomic E-state index is -0.543. The Morgan fingerprint density at radius 1 is 1.19 bits per heavy atom. The standard InChI is InChI=1S/C20H23ClN2O2S/c1-14-5-4-6-16(11-14)12-23(15(2)20(25)22-3)19(24)13-26-18-9-7-17(21)8-10-18/h4-11,15H,12-13H2,1-3H3,(H,22,25). The number of hydrogen-bond donors (Lipinski definition) is 1. The van der Waals surface area contributed by atoms with E-state index in [1.807, 2.05) is 43.3 Å². The van der Waals surface area contributed by atoms with Gasteiger partial charge in [0.25, 0.3) is 0 Å². The van der Waals surface area contributed by atoms with Crippen molar-refractivity contribution in [3.63, 3.8) is 0 Å². The van der Waals surface area contributed by atoms with Gasteiger partial charge in [-0.2, -0.15) is 0 Å². The number of nitrogens with one attached hydrogen (secondary N) is 1. The fraction of sp³-hybridized carbons (Fsp3) is 0.300. The highest BCUT2D eigenvalue weighted by Gasteiger charge is 2.25. The van der Waals surface area contributed by atoms with Crippen LogP contribution in [0.25, 0.3) is 0 Å². The van der Waals surface area contributed by atoms with Crippen molar-refractivity contribution in [1.82, 2.24) is 10.2 Å². The summed E-state index contributed by atoms with van der Waals surface area (Å²) in [6.45, 7) is 4.16. The molecule has 0 spiro atoms. The van der Waals surface area contributed by atoms with Crippen LogP contribution >= 0.6 is 23.4 Å². The second kappa shape index (κ2) is 9.64. The molecule has 2 rings (SSSR count). The van der Waals surface area contributed by atoms with E-state index in [9.17, 15) is 9.59 Å². The van der Waals surface area contributed by atoms with Gasteiger partial charge in [-0.1, -0.05) is 41.4 Å². The average molecular weight is 391 g/mol. The van der Waals surface area contributed by atoms with E-state index >= 15 is 0 Å². The van der Waals surface area contributed by atoms with Crippen LogP contribution in [0.5, 0.6) is 0 Å². The lowest BCUT2D eigenvalue weighted by atomic mass is 10.1. The van der Waals surface area contributed by atoms with E-state index in [-0.39, 0.29) is 17.6 Å². The molecule has 1 atom stereocenters. The molecule has 0 aliphatic heterocycles. The summed E-state index contributed by atoms with van der Waals surface area (Å²) in [5.74, 6) is -0.000498. The molecule has 0 radical (unpaired) electrons. The molecule has 138 valence electrons. The Morgan fingerprint density at radius 3 is 2.50 bits per heavy atom. The zero-order valence-corrected chi connectivity index (χ0v) is 16.7. The summed E-state index contributed by atoms with van der Waals surface area (Å²) in [6, 6.07) is 14.8. The molecule has 0 saturated carbocycles. The molecule has 0 bridgehead atoms. The van der Waals surface area contributed by atoms with Crippen molar-refractivity contribution in [3.05, 3.63) is 64.7 Å². The van der Waals surface area contributed by atoms with E-state index < -0.39 is 6.04 Å². The molecule has 0 fully saturated rings. The molecule has 1 unspecified atom stereocenters. The Balaban J connectivity index is 2.12. The molecular formula is C20H23ClN2O2S. The number of aryl methyl sites for hydroxylation is 1. The lowest BCUT2D eigenvalue weighted by molar-refractivity contribution is -0.138. The predicted molar refractivity (Wildman–Crippen MR) is 107 cm³/mol. The van der Waals surface area contributed by atoms with Gasteiger partial charge in [0.1, 0.15) is 6.04 Å². The van der Waals surface area contributed by atoms with Crippen molar-refractivity contribution in [1.29, 1.82) is 0 Å². The Bertz CT molecular complexity index is 765. The van der Waals surface area contributed by atoms with Crippen LogP contribution in [-0.4, -0.2) is 35.6 Å². The number of likely N-dealkylation sites (N-methyl/N-ethyl adjacent to an activating group) is 1. The number of amides is 2. The SMILES string of the molecule is CNC(=O)C(C)N(Cc1cccc(C)c1)C(=O)CSc1ccc(Cl)cc1. The van der Waals surface area contributed by atoms with Crippen molar-refractivity contribution in [2.75, 3.05) is 12.8 Å². The van der Waals surface area contributed by atoms with Gasteiger partial charge in [-0.15, -0.1) is 11.8 Å². The van der Waals surface area contributed by atoms with Gasteiger partial charge < -0.3 is 10.2 Å². The summed E-state index contributed by atoms with van der Waals surface area (Å²) in [4.78, 5) is 27.5. The van der Waals surface area contributed by atoms with Crippen molar-refractivity contribution < 1.29 is 9.59 Å². The highest BCUT2D eigenvalue weighted by molar-refractivity contribution is 8.00. The topological polar surface area (TPSA) is 49.4 Å². The van der Waals surface area contributed by atoms with E-state index in [2.05, 4.69) is 5.32 Å². The number of nitrogens with zero attached hydrogens (tertiary/aromatic N) is 1. The molecule has 0 aliphatic rings. The van der Waals surface area contributed by atoms with Crippen LogP contribution in [0.1, 0.15) is 18.1 Å². The van der Waals surface area contributed by atoms with Gasteiger partial charge in [-0.25, -0.2) is 0 Å². The molecule has 0 saturated heterocycles. The van der Waals surface area contributed by atoms with Gasteiger partial charge in [-0.3, -0.25) is 9.59 Å². The number of carbonyl (C=O) groups is 2. The molecule has 0 aliphatic carbocycles. The van der Waals surface area contributed by atoms with Crippen molar-refractivity contribution in [2.45, 2.75) is 31.3 Å². The summed E-state index contributed by atoms with van der Waals surface area (Å²) in [5.41, 5.74) is 2.13. The number of thioether (sulfide) groups is 1. The number of hydrogen-bond acceptors (Lipinski definition) is 3. The van der Waals surface area contributed by atoms with Crippen LogP contribution in [0.2, 0.25) is 5.02 Å². The summed E-state index contributed by atoms with van der Waals surface area (Å²) in [7, 11) is 1.58. The summed E-state index contributed by atoms with van der Waals surface area (Å²) < 4.78 is 0. The minimum absolute atomic E-state index is 0.0810. The maximum Gasteiger partial charge on any atom is 0.242 e. The van der Waals surface area contributed by atoms with Crippen LogP contribution in [0.15, 0.2) is 53.4 Å². The molecule has 2 aromatic carbocycles. The highest BCUT2D eigenvalue weighted by atomic mass is 35.5. The molecular weight excluding hydrogens is 368 g/mol. The molecule has 1 N–H and O–H groups in total. The first-order valence-corrected chi connectivity index (χ1v) is 9.72. The Hall–Kier alpha value is -1.98. The van der Waals surface area contributed by atoms with E-state index in [0.717, 1.165) is 16.0 Å². The minimum Gasteiger partial charge on any atom is -0.357 e. The first-order chi connectivity index (χ1) is 12.4. The number of benzene rings is 2. The lowest BCUT2D eigenvalue weighted by Crippen LogP contribution is -2.47.